The maximum absolute atomic E-state index is 13.4. The van der Waals surface area contributed by atoms with Crippen LogP contribution in [0.5, 0.6) is 0 Å². The second-order valence-electron chi connectivity index (χ2n) is 5.31. The number of aliphatic hydroxyl groups excluding tert-OH is 1. The molecule has 0 amide bonds. The number of rotatable bonds is 6. The highest BCUT2D eigenvalue weighted by Gasteiger charge is 2.18. The van der Waals surface area contributed by atoms with Gasteiger partial charge >= 0.3 is 0 Å². The van der Waals surface area contributed by atoms with Crippen molar-refractivity contribution in [2.45, 2.75) is 38.9 Å². The van der Waals surface area contributed by atoms with E-state index in [2.05, 4.69) is 5.32 Å². The molecule has 0 aromatic heterocycles. The van der Waals surface area contributed by atoms with Crippen molar-refractivity contribution in [1.29, 1.82) is 0 Å². The van der Waals surface area contributed by atoms with Gasteiger partial charge in [-0.25, -0.2) is 4.39 Å². The van der Waals surface area contributed by atoms with Crippen LogP contribution in [0.15, 0.2) is 18.2 Å². The first kappa shape index (κ1) is 14.9. The lowest BCUT2D eigenvalue weighted by Gasteiger charge is -2.22. The van der Waals surface area contributed by atoms with Crippen LogP contribution in [-0.4, -0.2) is 30.0 Å². The van der Waals surface area contributed by atoms with E-state index in [0.29, 0.717) is 6.42 Å². The minimum atomic E-state index is -1.28. The molecule has 0 saturated carbocycles. The summed E-state index contributed by atoms with van der Waals surface area (Å²) in [7, 11) is 0. The molecule has 0 bridgehead atoms. The highest BCUT2D eigenvalue weighted by molar-refractivity contribution is 5.50. The van der Waals surface area contributed by atoms with Crippen molar-refractivity contribution >= 4 is 5.69 Å². The lowest BCUT2D eigenvalue weighted by atomic mass is 9.99. The number of aliphatic hydroxyl groups is 1. The van der Waals surface area contributed by atoms with E-state index in [-0.39, 0.29) is 19.2 Å². The van der Waals surface area contributed by atoms with Crippen molar-refractivity contribution in [1.82, 2.24) is 5.32 Å². The van der Waals surface area contributed by atoms with E-state index in [1.165, 1.54) is 13.8 Å². The quantitative estimate of drug-likeness (QED) is 0.679. The van der Waals surface area contributed by atoms with Crippen LogP contribution in [0.3, 0.4) is 0 Å². The van der Waals surface area contributed by atoms with Gasteiger partial charge in [-0.05, 0) is 44.4 Å². The van der Waals surface area contributed by atoms with Crippen molar-refractivity contribution < 1.29 is 9.50 Å². The third kappa shape index (κ3) is 4.63. The van der Waals surface area contributed by atoms with Crippen LogP contribution in [0.1, 0.15) is 25.0 Å². The first-order chi connectivity index (χ1) is 8.33. The third-order valence-corrected chi connectivity index (χ3v) is 2.99. The Kier molecular flexibility index (Phi) is 5.11. The Morgan fingerprint density at radius 2 is 2.11 bits per heavy atom. The topological polar surface area (TPSA) is 58.3 Å². The zero-order valence-corrected chi connectivity index (χ0v) is 11.3. The van der Waals surface area contributed by atoms with Gasteiger partial charge in [-0.2, -0.15) is 0 Å². The summed E-state index contributed by atoms with van der Waals surface area (Å²) in [6.07, 6.45) is 0.642. The summed E-state index contributed by atoms with van der Waals surface area (Å²) in [5.41, 5.74) is 7.41. The van der Waals surface area contributed by atoms with Crippen LogP contribution in [0.25, 0.3) is 0 Å². The molecule has 1 aromatic carbocycles. The molecular weight excluding hydrogens is 231 g/mol. The Morgan fingerprint density at radius 3 is 2.67 bits per heavy atom. The molecule has 0 saturated heterocycles. The first-order valence-electron chi connectivity index (χ1n) is 6.20. The Balaban J connectivity index is 2.65. The Labute approximate surface area is 108 Å². The van der Waals surface area contributed by atoms with E-state index in [9.17, 15) is 9.50 Å². The fourth-order valence-electron chi connectivity index (χ4n) is 1.78. The number of nitrogens with two attached hydrogens (primary N) is 1. The SMILES string of the molecule is Cc1c(N)cccc1C[C@@H](CO)NCC(C)(C)F. The summed E-state index contributed by atoms with van der Waals surface area (Å²) in [4.78, 5) is 0. The lowest BCUT2D eigenvalue weighted by molar-refractivity contribution is 0.180. The van der Waals surface area contributed by atoms with E-state index < -0.39 is 5.67 Å². The minimum absolute atomic E-state index is 0.0235. The molecule has 4 N–H and O–H groups in total. The maximum Gasteiger partial charge on any atom is 0.117 e. The van der Waals surface area contributed by atoms with Gasteiger partial charge in [-0.1, -0.05) is 12.1 Å². The first-order valence-corrected chi connectivity index (χ1v) is 6.20. The highest BCUT2D eigenvalue weighted by Crippen LogP contribution is 2.17. The van der Waals surface area contributed by atoms with Crippen molar-refractivity contribution in [3.63, 3.8) is 0 Å². The van der Waals surface area contributed by atoms with Crippen LogP contribution in [0.2, 0.25) is 0 Å². The molecule has 0 aliphatic carbocycles. The van der Waals surface area contributed by atoms with E-state index in [0.717, 1.165) is 16.8 Å². The van der Waals surface area contributed by atoms with Crippen LogP contribution in [0, 0.1) is 6.92 Å². The molecule has 18 heavy (non-hydrogen) atoms. The average molecular weight is 254 g/mol. The molecule has 1 aromatic rings. The molecular formula is C14H23FN2O. The van der Waals surface area contributed by atoms with Gasteiger partial charge in [0.15, 0.2) is 0 Å². The number of nitrogen functional groups attached to an aromatic ring is 1. The zero-order chi connectivity index (χ0) is 13.8. The fourth-order valence-corrected chi connectivity index (χ4v) is 1.78. The van der Waals surface area contributed by atoms with Gasteiger partial charge in [0.1, 0.15) is 5.67 Å². The number of halogens is 1. The normalized spacial score (nSPS) is 13.6. The monoisotopic (exact) mass is 254 g/mol. The molecule has 0 heterocycles. The highest BCUT2D eigenvalue weighted by atomic mass is 19.1. The van der Waals surface area contributed by atoms with Gasteiger partial charge in [0, 0.05) is 18.3 Å². The summed E-state index contributed by atoms with van der Waals surface area (Å²) in [6.45, 7) is 5.18. The molecule has 0 radical (unpaired) electrons. The van der Waals surface area contributed by atoms with Gasteiger partial charge in [-0.3, -0.25) is 0 Å². The summed E-state index contributed by atoms with van der Waals surface area (Å²) in [5, 5.41) is 12.4. The number of benzene rings is 1. The second-order valence-corrected chi connectivity index (χ2v) is 5.31. The predicted octanol–water partition coefficient (Wildman–Crippen LogP) is 1.82. The van der Waals surface area contributed by atoms with E-state index in [4.69, 9.17) is 5.73 Å². The molecule has 0 fully saturated rings. The Morgan fingerprint density at radius 1 is 1.44 bits per heavy atom. The number of anilines is 1. The Bertz CT molecular complexity index is 388. The molecule has 4 heteroatoms. The van der Waals surface area contributed by atoms with Crippen molar-refractivity contribution in [2.75, 3.05) is 18.9 Å². The van der Waals surface area contributed by atoms with Gasteiger partial charge in [-0.15, -0.1) is 0 Å². The minimum Gasteiger partial charge on any atom is -0.399 e. The molecule has 102 valence electrons. The van der Waals surface area contributed by atoms with Gasteiger partial charge in [0.25, 0.3) is 0 Å². The number of hydrogen-bond donors (Lipinski definition) is 3. The van der Waals surface area contributed by atoms with Crippen LogP contribution in [-0.2, 0) is 6.42 Å². The van der Waals surface area contributed by atoms with Gasteiger partial charge < -0.3 is 16.2 Å². The molecule has 0 spiro atoms. The van der Waals surface area contributed by atoms with E-state index >= 15 is 0 Å². The average Bonchev–Trinajstić information content (AvgIpc) is 2.28. The molecule has 1 atom stereocenters. The van der Waals surface area contributed by atoms with Crippen molar-refractivity contribution in [3.8, 4) is 0 Å². The van der Waals surface area contributed by atoms with Crippen molar-refractivity contribution in [3.05, 3.63) is 29.3 Å². The lowest BCUT2D eigenvalue weighted by Crippen LogP contribution is -2.41. The number of hydrogen-bond acceptors (Lipinski definition) is 3. The molecule has 0 unspecified atom stereocenters. The van der Waals surface area contributed by atoms with Crippen LogP contribution in [0.4, 0.5) is 10.1 Å². The van der Waals surface area contributed by atoms with Gasteiger partial charge in [0.05, 0.1) is 6.61 Å². The molecule has 0 aliphatic rings. The molecule has 3 nitrogen and oxygen atoms in total. The summed E-state index contributed by atoms with van der Waals surface area (Å²) < 4.78 is 13.4. The number of alkyl halides is 1. The third-order valence-electron chi connectivity index (χ3n) is 2.99. The maximum atomic E-state index is 13.4. The van der Waals surface area contributed by atoms with E-state index in [1.54, 1.807) is 0 Å². The fraction of sp³-hybridized carbons (Fsp3) is 0.571. The Hall–Kier alpha value is -1.13. The molecule has 1 rings (SSSR count). The van der Waals surface area contributed by atoms with Crippen molar-refractivity contribution in [2.24, 2.45) is 0 Å². The predicted molar refractivity (Wildman–Crippen MR) is 73.4 cm³/mol. The van der Waals surface area contributed by atoms with Crippen LogP contribution < -0.4 is 11.1 Å². The standard InChI is InChI=1S/C14H23FN2O/c1-10-11(5-4-6-13(10)16)7-12(8-18)17-9-14(2,3)15/h4-6,12,17-18H,7-9,16H2,1-3H3/t12-/m0/s1. The van der Waals surface area contributed by atoms with Crippen LogP contribution >= 0.6 is 0 Å². The number of nitrogens with one attached hydrogen (secondary N) is 1. The van der Waals surface area contributed by atoms with Gasteiger partial charge in [0.2, 0.25) is 0 Å². The summed E-state index contributed by atoms with van der Waals surface area (Å²) in [5.74, 6) is 0. The zero-order valence-electron chi connectivity index (χ0n) is 11.3. The largest absolute Gasteiger partial charge is 0.399 e. The van der Waals surface area contributed by atoms with E-state index in [1.807, 2.05) is 25.1 Å². The summed E-state index contributed by atoms with van der Waals surface area (Å²) in [6, 6.07) is 5.58. The summed E-state index contributed by atoms with van der Waals surface area (Å²) >= 11 is 0. The second kappa shape index (κ2) is 6.16. The molecule has 0 aliphatic heterocycles. The smallest absolute Gasteiger partial charge is 0.117 e.